The molecule has 260 valence electrons. The van der Waals surface area contributed by atoms with Crippen molar-refractivity contribution in [1.29, 1.82) is 0 Å². The predicted molar refractivity (Wildman–Crippen MR) is 208 cm³/mol. The van der Waals surface area contributed by atoms with Gasteiger partial charge in [0.2, 0.25) is 10.6 Å². The number of halogens is 3. The van der Waals surface area contributed by atoms with Crippen LogP contribution in [0.15, 0.2) is 122 Å². The molecule has 0 aliphatic carbocycles. The maximum Gasteiger partial charge on any atom is 0.510 e. The molecule has 0 aliphatic rings. The van der Waals surface area contributed by atoms with Crippen molar-refractivity contribution in [2.24, 2.45) is 0 Å². The summed E-state index contributed by atoms with van der Waals surface area (Å²) in [6, 6.07) is 36.0. The first-order chi connectivity index (χ1) is 25.2. The van der Waals surface area contributed by atoms with E-state index in [2.05, 4.69) is 49.3 Å². The van der Waals surface area contributed by atoms with E-state index < -0.39 is 7.12 Å². The standard InChI is InChI=1S/C19H15ClN4.C14H13BN2O2.C5H4Cl2N2/c1-13-11-21-19(20)22-17(13)18-15-9-5-6-10-16(15)24(23-18)12-14-7-3-2-4-8-14;18-15(19)14-12-8-4-5-9-13(12)17(16-14)10-11-6-2-1-3-7-11;1-3-2-8-5(7)9-4(3)6/h2-11H,12H2,1H3;1-9,18-19H,10H2;2H,1H3. The maximum atomic E-state index is 9.38. The van der Waals surface area contributed by atoms with Gasteiger partial charge >= 0.3 is 7.12 Å². The molecule has 2 N–H and O–H groups in total. The van der Waals surface area contributed by atoms with E-state index in [0.717, 1.165) is 49.9 Å². The molecule has 8 aromatic rings. The second-order valence-corrected chi connectivity index (χ2v) is 12.7. The fraction of sp³-hybridized carbons (Fsp3) is 0.105. The number of hydrogen-bond donors (Lipinski definition) is 2. The highest BCUT2D eigenvalue weighted by Gasteiger charge is 2.21. The minimum atomic E-state index is -1.55. The first-order valence-electron chi connectivity index (χ1n) is 16.2. The molecular formula is C38H32BCl3N8O2. The Morgan fingerprint density at radius 1 is 0.558 bits per heavy atom. The fourth-order valence-corrected chi connectivity index (χ4v) is 5.90. The van der Waals surface area contributed by atoms with Crippen LogP contribution in [0.5, 0.6) is 0 Å². The van der Waals surface area contributed by atoms with Crippen molar-refractivity contribution < 1.29 is 10.0 Å². The van der Waals surface area contributed by atoms with Crippen molar-refractivity contribution in [3.63, 3.8) is 0 Å². The lowest BCUT2D eigenvalue weighted by Crippen LogP contribution is -2.32. The molecule has 4 aromatic carbocycles. The Bertz CT molecular complexity index is 2430. The summed E-state index contributed by atoms with van der Waals surface area (Å²) in [5.41, 5.74) is 7.99. The van der Waals surface area contributed by atoms with Crippen molar-refractivity contribution in [3.8, 4) is 11.4 Å². The number of hydrogen-bond acceptors (Lipinski definition) is 8. The van der Waals surface area contributed by atoms with Gasteiger partial charge in [-0.15, -0.1) is 0 Å². The molecule has 52 heavy (non-hydrogen) atoms. The number of aryl methyl sites for hydroxylation is 2. The zero-order valence-corrected chi connectivity index (χ0v) is 30.4. The molecule has 10 nitrogen and oxygen atoms in total. The molecule has 0 spiro atoms. The molecule has 4 aromatic heterocycles. The lowest BCUT2D eigenvalue weighted by molar-refractivity contribution is 0.424. The average Bonchev–Trinajstić information content (AvgIpc) is 3.71. The largest absolute Gasteiger partial charge is 0.510 e. The highest BCUT2D eigenvalue weighted by Crippen LogP contribution is 2.29. The van der Waals surface area contributed by atoms with Gasteiger partial charge in [0.25, 0.3) is 0 Å². The zero-order valence-electron chi connectivity index (χ0n) is 28.1. The van der Waals surface area contributed by atoms with E-state index in [0.29, 0.717) is 23.8 Å². The molecular weight excluding hydrogens is 718 g/mol. The van der Waals surface area contributed by atoms with Gasteiger partial charge in [-0.05, 0) is 65.9 Å². The zero-order chi connectivity index (χ0) is 36.6. The van der Waals surface area contributed by atoms with Gasteiger partial charge in [0, 0.05) is 28.7 Å². The van der Waals surface area contributed by atoms with Crippen molar-refractivity contribution in [3.05, 3.63) is 160 Å². The summed E-state index contributed by atoms with van der Waals surface area (Å²) in [5.74, 6) is 0. The summed E-state index contributed by atoms with van der Waals surface area (Å²) in [5, 5.41) is 30.6. The van der Waals surface area contributed by atoms with Crippen molar-refractivity contribution in [2.45, 2.75) is 26.9 Å². The smallest absolute Gasteiger partial charge is 0.422 e. The first kappa shape index (κ1) is 36.6. The monoisotopic (exact) mass is 748 g/mol. The molecule has 8 rings (SSSR count). The Labute approximate surface area is 315 Å². The van der Waals surface area contributed by atoms with E-state index in [-0.39, 0.29) is 10.6 Å². The van der Waals surface area contributed by atoms with Crippen molar-refractivity contribution in [1.82, 2.24) is 39.5 Å². The minimum absolute atomic E-state index is 0.186. The van der Waals surface area contributed by atoms with Gasteiger partial charge in [-0.25, -0.2) is 19.9 Å². The highest BCUT2D eigenvalue weighted by atomic mass is 35.5. The SMILES string of the molecule is Cc1cnc(Cl)nc1-c1nn(Cc2ccccc2)c2ccccc12.Cc1cnc(Cl)nc1Cl.OB(O)c1nn(Cc2ccccc2)c2ccccc12. The second-order valence-electron chi connectivity index (χ2n) is 11.7. The van der Waals surface area contributed by atoms with Crippen LogP contribution in [0.25, 0.3) is 33.2 Å². The molecule has 0 unspecified atom stereocenters. The van der Waals surface area contributed by atoms with Crippen LogP contribution in [-0.4, -0.2) is 56.7 Å². The number of fused-ring (bicyclic) bond motifs is 2. The Morgan fingerprint density at radius 3 is 1.60 bits per heavy atom. The Kier molecular flexibility index (Phi) is 11.9. The molecule has 0 amide bonds. The predicted octanol–water partition coefficient (Wildman–Crippen LogP) is 7.36. The third kappa shape index (κ3) is 8.82. The first-order valence-corrected chi connectivity index (χ1v) is 17.3. The Balaban J connectivity index is 0.000000147. The van der Waals surface area contributed by atoms with Gasteiger partial charge in [-0.2, -0.15) is 10.2 Å². The van der Waals surface area contributed by atoms with E-state index in [1.54, 1.807) is 17.1 Å². The number of benzene rings is 4. The fourth-order valence-electron chi connectivity index (χ4n) is 5.46. The lowest BCUT2D eigenvalue weighted by atomic mass is 9.84. The summed E-state index contributed by atoms with van der Waals surface area (Å²) in [4.78, 5) is 15.8. The summed E-state index contributed by atoms with van der Waals surface area (Å²) in [6.45, 7) is 5.10. The summed E-state index contributed by atoms with van der Waals surface area (Å²) < 4.78 is 3.80. The van der Waals surface area contributed by atoms with Crippen molar-refractivity contribution >= 4 is 69.3 Å². The van der Waals surface area contributed by atoms with Gasteiger partial charge in [0.05, 0.1) is 29.8 Å². The van der Waals surface area contributed by atoms with E-state index in [1.807, 2.05) is 103 Å². The number of nitrogens with zero attached hydrogens (tertiary/aromatic N) is 8. The molecule has 0 radical (unpaired) electrons. The molecule has 14 heteroatoms. The summed E-state index contributed by atoms with van der Waals surface area (Å²) in [7, 11) is -1.55. The third-order valence-electron chi connectivity index (χ3n) is 7.99. The maximum absolute atomic E-state index is 9.38. The molecule has 0 atom stereocenters. The van der Waals surface area contributed by atoms with E-state index in [4.69, 9.17) is 39.9 Å². The Hall–Kier alpha value is -5.17. The van der Waals surface area contributed by atoms with Gasteiger partial charge in [-0.3, -0.25) is 9.36 Å². The van der Waals surface area contributed by atoms with E-state index >= 15 is 0 Å². The molecule has 0 saturated carbocycles. The Morgan fingerprint density at radius 2 is 1.04 bits per heavy atom. The van der Waals surface area contributed by atoms with Gasteiger partial charge < -0.3 is 10.0 Å². The molecule has 0 bridgehead atoms. The molecule has 0 fully saturated rings. The normalized spacial score (nSPS) is 10.8. The van der Waals surface area contributed by atoms with Crippen LogP contribution in [0.1, 0.15) is 22.3 Å². The molecule has 0 saturated heterocycles. The highest BCUT2D eigenvalue weighted by molar-refractivity contribution is 6.60. The van der Waals surface area contributed by atoms with E-state index in [9.17, 15) is 10.0 Å². The van der Waals surface area contributed by atoms with Crippen LogP contribution in [0.4, 0.5) is 0 Å². The average molecular weight is 750 g/mol. The third-order valence-corrected chi connectivity index (χ3v) is 8.73. The molecule has 0 aliphatic heterocycles. The topological polar surface area (TPSA) is 128 Å². The van der Waals surface area contributed by atoms with Gasteiger partial charge in [-0.1, -0.05) is 109 Å². The van der Waals surface area contributed by atoms with Crippen LogP contribution in [-0.2, 0) is 13.1 Å². The quantitative estimate of drug-likeness (QED) is 0.103. The van der Waals surface area contributed by atoms with Crippen LogP contribution in [0, 0.1) is 13.8 Å². The summed E-state index contributed by atoms with van der Waals surface area (Å²) in [6.07, 6.45) is 3.31. The van der Waals surface area contributed by atoms with Gasteiger partial charge in [0.15, 0.2) is 0 Å². The number of rotatable bonds is 6. The van der Waals surface area contributed by atoms with Crippen LogP contribution >= 0.6 is 34.8 Å². The van der Waals surface area contributed by atoms with Gasteiger partial charge in [0.1, 0.15) is 16.4 Å². The lowest BCUT2D eigenvalue weighted by Gasteiger charge is -2.03. The van der Waals surface area contributed by atoms with Crippen LogP contribution in [0.3, 0.4) is 0 Å². The van der Waals surface area contributed by atoms with E-state index in [1.165, 1.54) is 5.56 Å². The van der Waals surface area contributed by atoms with Crippen LogP contribution in [0.2, 0.25) is 15.7 Å². The number of para-hydroxylation sites is 2. The number of aromatic nitrogens is 8. The van der Waals surface area contributed by atoms with Crippen LogP contribution < -0.4 is 5.59 Å². The van der Waals surface area contributed by atoms with Crippen molar-refractivity contribution in [2.75, 3.05) is 0 Å². The summed E-state index contributed by atoms with van der Waals surface area (Å²) >= 11 is 17.0. The minimum Gasteiger partial charge on any atom is -0.422 e. The molecule has 4 heterocycles. The second kappa shape index (κ2) is 16.9.